The Balaban J connectivity index is 1.31. The highest BCUT2D eigenvalue weighted by Gasteiger charge is 2.13. The summed E-state index contributed by atoms with van der Waals surface area (Å²) in [5, 5.41) is 8.33. The quantitative estimate of drug-likeness (QED) is 0.504. The van der Waals surface area contributed by atoms with Crippen LogP contribution in [0.25, 0.3) is 22.4 Å². The van der Waals surface area contributed by atoms with Gasteiger partial charge in [0.15, 0.2) is 10.9 Å². The standard InChI is InChI=1S/C21H16FN3O3S/c22-15-6-3-4-13(8-15)9-19(26)23-11-20(27)25-21-24-16(12-29-21)18-10-14-5-1-2-7-17(14)28-18/h1-8,10,12H,9,11H2,(H,23,26)(H,24,25,27). The Morgan fingerprint density at radius 2 is 1.93 bits per heavy atom. The molecule has 0 atom stereocenters. The van der Waals surface area contributed by atoms with E-state index in [4.69, 9.17) is 4.42 Å². The number of hydrogen-bond donors (Lipinski definition) is 2. The zero-order valence-corrected chi connectivity index (χ0v) is 16.0. The number of amides is 2. The molecule has 146 valence electrons. The van der Waals surface area contributed by atoms with Crippen LogP contribution >= 0.6 is 11.3 Å². The van der Waals surface area contributed by atoms with Crippen molar-refractivity contribution in [2.75, 3.05) is 11.9 Å². The Kier molecular flexibility index (Phi) is 5.35. The highest BCUT2D eigenvalue weighted by atomic mass is 32.1. The van der Waals surface area contributed by atoms with Crippen LogP contribution in [-0.4, -0.2) is 23.3 Å². The molecule has 0 saturated heterocycles. The number of nitrogens with one attached hydrogen (secondary N) is 2. The van der Waals surface area contributed by atoms with E-state index in [-0.39, 0.29) is 18.9 Å². The number of nitrogens with zero attached hydrogens (tertiary/aromatic N) is 1. The van der Waals surface area contributed by atoms with Gasteiger partial charge in [-0.2, -0.15) is 0 Å². The predicted octanol–water partition coefficient (Wildman–Crippen LogP) is 3.99. The molecule has 4 rings (SSSR count). The average molecular weight is 409 g/mol. The summed E-state index contributed by atoms with van der Waals surface area (Å²) >= 11 is 1.26. The predicted molar refractivity (Wildman–Crippen MR) is 109 cm³/mol. The number of aromatic nitrogens is 1. The second-order valence-corrected chi connectivity index (χ2v) is 7.18. The summed E-state index contributed by atoms with van der Waals surface area (Å²) in [7, 11) is 0. The third kappa shape index (κ3) is 4.67. The number of thiazole rings is 1. The molecule has 6 nitrogen and oxygen atoms in total. The van der Waals surface area contributed by atoms with Crippen molar-refractivity contribution < 1.29 is 18.4 Å². The maximum absolute atomic E-state index is 13.2. The number of furan rings is 1. The van der Waals surface area contributed by atoms with Gasteiger partial charge in [-0.3, -0.25) is 9.59 Å². The number of para-hydroxylation sites is 1. The fraction of sp³-hybridized carbons (Fsp3) is 0.0952. The molecule has 0 radical (unpaired) electrons. The maximum Gasteiger partial charge on any atom is 0.245 e. The van der Waals surface area contributed by atoms with Crippen LogP contribution in [0.4, 0.5) is 9.52 Å². The van der Waals surface area contributed by atoms with E-state index in [0.29, 0.717) is 22.1 Å². The van der Waals surface area contributed by atoms with Crippen LogP contribution in [0.1, 0.15) is 5.56 Å². The highest BCUT2D eigenvalue weighted by Crippen LogP contribution is 2.30. The van der Waals surface area contributed by atoms with Crippen molar-refractivity contribution in [2.45, 2.75) is 6.42 Å². The van der Waals surface area contributed by atoms with Gasteiger partial charge in [-0.1, -0.05) is 30.3 Å². The van der Waals surface area contributed by atoms with Crippen molar-refractivity contribution in [3.63, 3.8) is 0 Å². The fourth-order valence-electron chi connectivity index (χ4n) is 2.79. The third-order valence-electron chi connectivity index (χ3n) is 4.13. The second kappa shape index (κ2) is 8.24. The number of hydrogen-bond acceptors (Lipinski definition) is 5. The largest absolute Gasteiger partial charge is 0.454 e. The first-order valence-corrected chi connectivity index (χ1v) is 9.70. The fourth-order valence-corrected chi connectivity index (χ4v) is 3.51. The lowest BCUT2D eigenvalue weighted by atomic mass is 10.1. The van der Waals surface area contributed by atoms with Gasteiger partial charge in [-0.05, 0) is 29.8 Å². The van der Waals surface area contributed by atoms with Gasteiger partial charge in [-0.25, -0.2) is 9.37 Å². The molecular formula is C21H16FN3O3S. The Bertz CT molecular complexity index is 1150. The summed E-state index contributed by atoms with van der Waals surface area (Å²) < 4.78 is 18.9. The minimum Gasteiger partial charge on any atom is -0.454 e. The van der Waals surface area contributed by atoms with Crippen molar-refractivity contribution in [3.8, 4) is 11.5 Å². The Morgan fingerprint density at radius 3 is 2.76 bits per heavy atom. The second-order valence-electron chi connectivity index (χ2n) is 6.32. The number of carbonyl (C=O) groups excluding carboxylic acids is 2. The SMILES string of the molecule is O=C(Cc1cccc(F)c1)NCC(=O)Nc1nc(-c2cc3ccccc3o2)cs1. The first-order chi connectivity index (χ1) is 14.1. The molecule has 2 N–H and O–H groups in total. The Labute approximate surface area is 169 Å². The maximum atomic E-state index is 13.2. The smallest absolute Gasteiger partial charge is 0.245 e. The van der Waals surface area contributed by atoms with Crippen molar-refractivity contribution in [1.82, 2.24) is 10.3 Å². The number of carbonyl (C=O) groups is 2. The van der Waals surface area contributed by atoms with E-state index < -0.39 is 11.7 Å². The molecule has 0 aliphatic carbocycles. The summed E-state index contributed by atoms with van der Waals surface area (Å²) in [6, 6.07) is 15.3. The molecule has 4 aromatic rings. The van der Waals surface area contributed by atoms with Crippen LogP contribution in [0.2, 0.25) is 0 Å². The van der Waals surface area contributed by atoms with Gasteiger partial charge in [0.25, 0.3) is 0 Å². The first-order valence-electron chi connectivity index (χ1n) is 8.82. The van der Waals surface area contributed by atoms with Gasteiger partial charge in [0.2, 0.25) is 11.8 Å². The van der Waals surface area contributed by atoms with Gasteiger partial charge in [-0.15, -0.1) is 11.3 Å². The van der Waals surface area contributed by atoms with Crippen molar-refractivity contribution in [2.24, 2.45) is 0 Å². The van der Waals surface area contributed by atoms with Crippen molar-refractivity contribution in [1.29, 1.82) is 0 Å². The topological polar surface area (TPSA) is 84.2 Å². The van der Waals surface area contributed by atoms with Gasteiger partial charge in [0.05, 0.1) is 13.0 Å². The summed E-state index contributed by atoms with van der Waals surface area (Å²) in [5.41, 5.74) is 1.93. The summed E-state index contributed by atoms with van der Waals surface area (Å²) in [6.45, 7) is -0.201. The van der Waals surface area contributed by atoms with Gasteiger partial charge in [0.1, 0.15) is 17.1 Å². The number of rotatable bonds is 6. The van der Waals surface area contributed by atoms with Gasteiger partial charge in [0, 0.05) is 10.8 Å². The summed E-state index contributed by atoms with van der Waals surface area (Å²) in [5.74, 6) is -0.556. The summed E-state index contributed by atoms with van der Waals surface area (Å²) in [6.07, 6.45) is -0.00150. The minimum absolute atomic E-state index is 0.00150. The van der Waals surface area contributed by atoms with Gasteiger partial charge < -0.3 is 15.1 Å². The molecule has 0 aliphatic rings. The van der Waals surface area contributed by atoms with Crippen LogP contribution < -0.4 is 10.6 Å². The zero-order chi connectivity index (χ0) is 20.2. The molecular weight excluding hydrogens is 393 g/mol. The molecule has 2 aromatic heterocycles. The van der Waals surface area contributed by atoms with E-state index in [1.165, 1.54) is 29.5 Å². The molecule has 0 saturated carbocycles. The lowest BCUT2D eigenvalue weighted by Crippen LogP contribution is -2.33. The number of benzene rings is 2. The summed E-state index contributed by atoms with van der Waals surface area (Å²) in [4.78, 5) is 28.3. The van der Waals surface area contributed by atoms with Crippen LogP contribution in [0, 0.1) is 5.82 Å². The molecule has 0 aliphatic heterocycles. The van der Waals surface area contributed by atoms with E-state index in [1.54, 1.807) is 11.4 Å². The highest BCUT2D eigenvalue weighted by molar-refractivity contribution is 7.14. The van der Waals surface area contributed by atoms with Crippen LogP contribution in [-0.2, 0) is 16.0 Å². The van der Waals surface area contributed by atoms with Crippen molar-refractivity contribution >= 4 is 39.3 Å². The van der Waals surface area contributed by atoms with Crippen LogP contribution in [0.3, 0.4) is 0 Å². The monoisotopic (exact) mass is 409 g/mol. The third-order valence-corrected chi connectivity index (χ3v) is 4.89. The minimum atomic E-state index is -0.405. The van der Waals surface area contributed by atoms with Crippen LogP contribution in [0.5, 0.6) is 0 Å². The van der Waals surface area contributed by atoms with E-state index in [1.807, 2.05) is 30.3 Å². The lowest BCUT2D eigenvalue weighted by Gasteiger charge is -2.05. The number of anilines is 1. The van der Waals surface area contributed by atoms with E-state index in [2.05, 4.69) is 15.6 Å². The lowest BCUT2D eigenvalue weighted by molar-refractivity contribution is -0.123. The van der Waals surface area contributed by atoms with Crippen LogP contribution in [0.15, 0.2) is 64.4 Å². The Hall–Kier alpha value is -3.52. The molecule has 2 amide bonds. The average Bonchev–Trinajstić information content (AvgIpc) is 3.33. The van der Waals surface area contributed by atoms with E-state index in [9.17, 15) is 14.0 Å². The molecule has 8 heteroatoms. The van der Waals surface area contributed by atoms with Crippen molar-refractivity contribution in [3.05, 3.63) is 71.4 Å². The number of fused-ring (bicyclic) bond motifs is 1. The molecule has 0 spiro atoms. The number of halogens is 1. The molecule has 0 unspecified atom stereocenters. The van der Waals surface area contributed by atoms with E-state index in [0.717, 1.165) is 11.0 Å². The molecule has 29 heavy (non-hydrogen) atoms. The Morgan fingerprint density at radius 1 is 1.07 bits per heavy atom. The molecule has 2 aromatic carbocycles. The van der Waals surface area contributed by atoms with Gasteiger partial charge >= 0.3 is 0 Å². The normalized spacial score (nSPS) is 10.8. The molecule has 2 heterocycles. The zero-order valence-electron chi connectivity index (χ0n) is 15.1. The molecule has 0 fully saturated rings. The first kappa shape index (κ1) is 18.8. The molecule has 0 bridgehead atoms. The van der Waals surface area contributed by atoms with E-state index >= 15 is 0 Å².